The van der Waals surface area contributed by atoms with Gasteiger partial charge in [0.15, 0.2) is 12.4 Å². The molecule has 2 aromatic rings. The van der Waals surface area contributed by atoms with E-state index < -0.39 is 0 Å². The summed E-state index contributed by atoms with van der Waals surface area (Å²) in [7, 11) is 0. The summed E-state index contributed by atoms with van der Waals surface area (Å²) in [4.78, 5) is 12.9. The van der Waals surface area contributed by atoms with Crippen LogP contribution in [0.15, 0.2) is 64.9 Å². The van der Waals surface area contributed by atoms with Crippen molar-refractivity contribution in [1.29, 1.82) is 0 Å². The van der Waals surface area contributed by atoms with Crippen molar-refractivity contribution < 1.29 is 9.36 Å². The monoisotopic (exact) mass is 286 g/mol. The Labute approximate surface area is 122 Å². The van der Waals surface area contributed by atoms with E-state index in [0.717, 1.165) is 5.56 Å². The molecule has 20 heavy (non-hydrogen) atoms. The number of hydrazone groups is 1. The standard InChI is InChI=1S/C15H15N3OS/c1-20-14-7-5-13(6-8-14)11-16-17-15(19)12-18-9-3-2-4-10-18/h2-11H,12H2,1H3/p+1/b16-11-. The number of aromatic nitrogens is 1. The van der Waals surface area contributed by atoms with Crippen LogP contribution in [0.1, 0.15) is 5.56 Å². The van der Waals surface area contributed by atoms with Gasteiger partial charge in [-0.25, -0.2) is 5.43 Å². The van der Waals surface area contributed by atoms with E-state index in [1.54, 1.807) is 22.5 Å². The third kappa shape index (κ3) is 4.51. The quantitative estimate of drug-likeness (QED) is 0.394. The SMILES string of the molecule is CSc1ccc(/C=N\NC(=O)C[n+]2ccccc2)cc1. The third-order valence-electron chi connectivity index (χ3n) is 2.62. The number of pyridine rings is 1. The van der Waals surface area contributed by atoms with Gasteiger partial charge in [-0.15, -0.1) is 11.8 Å². The van der Waals surface area contributed by atoms with E-state index in [1.807, 2.05) is 61.1 Å². The van der Waals surface area contributed by atoms with Crippen LogP contribution in [0.5, 0.6) is 0 Å². The van der Waals surface area contributed by atoms with E-state index in [0.29, 0.717) is 0 Å². The summed E-state index contributed by atoms with van der Waals surface area (Å²) in [5.41, 5.74) is 3.47. The maximum Gasteiger partial charge on any atom is 0.305 e. The topological polar surface area (TPSA) is 45.3 Å². The molecule has 0 unspecified atom stereocenters. The van der Waals surface area contributed by atoms with Gasteiger partial charge in [-0.3, -0.25) is 4.79 Å². The van der Waals surface area contributed by atoms with Crippen LogP contribution < -0.4 is 9.99 Å². The van der Waals surface area contributed by atoms with Gasteiger partial charge in [-0.05, 0) is 24.0 Å². The molecule has 0 aliphatic rings. The third-order valence-corrected chi connectivity index (χ3v) is 3.37. The minimum Gasteiger partial charge on any atom is -0.266 e. The minimum absolute atomic E-state index is 0.154. The summed E-state index contributed by atoms with van der Waals surface area (Å²) in [5, 5.41) is 3.95. The second-order valence-electron chi connectivity index (χ2n) is 4.11. The van der Waals surface area contributed by atoms with Crippen LogP contribution in [-0.2, 0) is 11.3 Å². The lowest BCUT2D eigenvalue weighted by Crippen LogP contribution is -2.40. The molecule has 1 aromatic heterocycles. The summed E-state index contributed by atoms with van der Waals surface area (Å²) < 4.78 is 1.79. The zero-order chi connectivity index (χ0) is 14.2. The molecule has 0 saturated heterocycles. The van der Waals surface area contributed by atoms with E-state index in [9.17, 15) is 4.79 Å². The molecule has 1 N–H and O–H groups in total. The van der Waals surface area contributed by atoms with Crippen LogP contribution in [0.3, 0.4) is 0 Å². The van der Waals surface area contributed by atoms with Gasteiger partial charge in [0.2, 0.25) is 6.54 Å². The molecule has 0 fully saturated rings. The van der Waals surface area contributed by atoms with Crippen molar-refractivity contribution in [2.24, 2.45) is 5.10 Å². The maximum atomic E-state index is 11.7. The lowest BCUT2D eigenvalue weighted by Gasteiger charge is -1.98. The number of nitrogens with zero attached hydrogens (tertiary/aromatic N) is 2. The molecule has 0 saturated carbocycles. The fraction of sp³-hybridized carbons (Fsp3) is 0.133. The van der Waals surface area contributed by atoms with Crippen molar-refractivity contribution in [3.63, 3.8) is 0 Å². The van der Waals surface area contributed by atoms with E-state index in [2.05, 4.69) is 10.5 Å². The second-order valence-corrected chi connectivity index (χ2v) is 4.99. The highest BCUT2D eigenvalue weighted by atomic mass is 32.2. The highest BCUT2D eigenvalue weighted by Crippen LogP contribution is 2.13. The van der Waals surface area contributed by atoms with Crippen LogP contribution in [-0.4, -0.2) is 18.4 Å². The van der Waals surface area contributed by atoms with Gasteiger partial charge in [0.1, 0.15) is 0 Å². The molecule has 1 aromatic carbocycles. The van der Waals surface area contributed by atoms with Gasteiger partial charge in [-0.2, -0.15) is 9.67 Å². The number of thioether (sulfide) groups is 1. The van der Waals surface area contributed by atoms with Crippen LogP contribution in [0.2, 0.25) is 0 Å². The maximum absolute atomic E-state index is 11.7. The first-order valence-electron chi connectivity index (χ1n) is 6.18. The predicted molar refractivity (Wildman–Crippen MR) is 80.6 cm³/mol. The first kappa shape index (κ1) is 14.3. The Morgan fingerprint density at radius 3 is 2.60 bits per heavy atom. The summed E-state index contributed by atoms with van der Waals surface area (Å²) in [6, 6.07) is 13.6. The van der Waals surface area contributed by atoms with Crippen LogP contribution in [0, 0.1) is 0 Å². The highest BCUT2D eigenvalue weighted by Gasteiger charge is 2.06. The molecule has 0 bridgehead atoms. The molecule has 0 spiro atoms. The minimum atomic E-state index is -0.154. The highest BCUT2D eigenvalue weighted by molar-refractivity contribution is 7.98. The summed E-state index contributed by atoms with van der Waals surface area (Å²) >= 11 is 1.69. The van der Waals surface area contributed by atoms with Crippen molar-refractivity contribution in [2.45, 2.75) is 11.4 Å². The van der Waals surface area contributed by atoms with Crippen molar-refractivity contribution >= 4 is 23.9 Å². The van der Waals surface area contributed by atoms with Crippen LogP contribution in [0.25, 0.3) is 0 Å². The fourth-order valence-electron chi connectivity index (χ4n) is 1.61. The Bertz CT molecular complexity index is 582. The summed E-state index contributed by atoms with van der Waals surface area (Å²) in [6.07, 6.45) is 7.34. The van der Waals surface area contributed by atoms with E-state index in [-0.39, 0.29) is 12.5 Å². The Morgan fingerprint density at radius 2 is 1.95 bits per heavy atom. The van der Waals surface area contributed by atoms with Gasteiger partial charge < -0.3 is 0 Å². The summed E-state index contributed by atoms with van der Waals surface area (Å²) in [5.74, 6) is -0.154. The summed E-state index contributed by atoms with van der Waals surface area (Å²) in [6.45, 7) is 0.254. The molecule has 0 aliphatic carbocycles. The molecule has 4 nitrogen and oxygen atoms in total. The Kier molecular flexibility index (Phi) is 5.32. The number of carbonyl (C=O) groups is 1. The second kappa shape index (κ2) is 7.45. The van der Waals surface area contributed by atoms with E-state index in [4.69, 9.17) is 0 Å². The largest absolute Gasteiger partial charge is 0.305 e. The molecule has 5 heteroatoms. The molecular formula is C15H16N3OS+. The van der Waals surface area contributed by atoms with Crippen LogP contribution >= 0.6 is 11.8 Å². The molecule has 1 heterocycles. The Balaban J connectivity index is 1.84. The normalized spacial score (nSPS) is 10.7. The zero-order valence-corrected chi connectivity index (χ0v) is 12.0. The number of amides is 1. The first-order valence-corrected chi connectivity index (χ1v) is 7.40. The number of nitrogens with one attached hydrogen (secondary N) is 1. The van der Waals surface area contributed by atoms with Crippen LogP contribution in [0.4, 0.5) is 0 Å². The van der Waals surface area contributed by atoms with Gasteiger partial charge in [0.25, 0.3) is 0 Å². The molecule has 0 aliphatic heterocycles. The van der Waals surface area contributed by atoms with Gasteiger partial charge in [0.05, 0.1) is 6.21 Å². The average Bonchev–Trinajstić information content (AvgIpc) is 2.49. The molecule has 2 rings (SSSR count). The number of hydrogen-bond donors (Lipinski definition) is 1. The van der Waals surface area contributed by atoms with E-state index in [1.165, 1.54) is 4.90 Å². The van der Waals surface area contributed by atoms with Gasteiger partial charge in [-0.1, -0.05) is 18.2 Å². The lowest BCUT2D eigenvalue weighted by molar-refractivity contribution is -0.684. The molecule has 1 amide bonds. The number of carbonyl (C=O) groups excluding carboxylic acids is 1. The van der Waals surface area contributed by atoms with Crippen molar-refractivity contribution in [3.05, 3.63) is 60.4 Å². The zero-order valence-electron chi connectivity index (χ0n) is 11.2. The molecule has 0 atom stereocenters. The number of benzene rings is 1. The Hall–Kier alpha value is -2.14. The number of rotatable bonds is 5. The van der Waals surface area contributed by atoms with Gasteiger partial charge >= 0.3 is 5.91 Å². The average molecular weight is 286 g/mol. The fourth-order valence-corrected chi connectivity index (χ4v) is 2.02. The van der Waals surface area contributed by atoms with Crippen molar-refractivity contribution in [1.82, 2.24) is 5.43 Å². The predicted octanol–water partition coefficient (Wildman–Crippen LogP) is 1.85. The molecular weight excluding hydrogens is 270 g/mol. The van der Waals surface area contributed by atoms with Gasteiger partial charge in [0, 0.05) is 17.0 Å². The Morgan fingerprint density at radius 1 is 1.25 bits per heavy atom. The number of hydrogen-bond acceptors (Lipinski definition) is 3. The van der Waals surface area contributed by atoms with E-state index >= 15 is 0 Å². The molecule has 0 radical (unpaired) electrons. The molecule has 102 valence electrons. The van der Waals surface area contributed by atoms with Crippen molar-refractivity contribution in [3.8, 4) is 0 Å². The lowest BCUT2D eigenvalue weighted by atomic mass is 10.2. The van der Waals surface area contributed by atoms with Crippen molar-refractivity contribution in [2.75, 3.05) is 6.26 Å². The smallest absolute Gasteiger partial charge is 0.266 e. The first-order chi connectivity index (χ1) is 9.78.